The van der Waals surface area contributed by atoms with Crippen LogP contribution in [0.15, 0.2) is 0 Å². The van der Waals surface area contributed by atoms with Crippen LogP contribution in [0.5, 0.6) is 0 Å². The summed E-state index contributed by atoms with van der Waals surface area (Å²) < 4.78 is 10.3. The summed E-state index contributed by atoms with van der Waals surface area (Å²) in [6.45, 7) is 8.02. The third-order valence-corrected chi connectivity index (χ3v) is 4.03. The van der Waals surface area contributed by atoms with E-state index in [-0.39, 0.29) is 17.7 Å². The highest BCUT2D eigenvalue weighted by Crippen LogP contribution is 2.18. The van der Waals surface area contributed by atoms with Gasteiger partial charge in [-0.05, 0) is 19.3 Å². The molecule has 0 aromatic rings. The molecule has 122 valence electrons. The number of rotatable bonds is 9. The molecule has 0 aromatic carbocycles. The van der Waals surface area contributed by atoms with E-state index in [1.165, 1.54) is 0 Å². The molecule has 2 amide bonds. The van der Waals surface area contributed by atoms with E-state index < -0.39 is 12.1 Å². The molecule has 1 heterocycles. The summed E-state index contributed by atoms with van der Waals surface area (Å²) in [6.07, 6.45) is 1.58. The first-order chi connectivity index (χ1) is 10.0. The van der Waals surface area contributed by atoms with Crippen LogP contribution < -0.4 is 5.32 Å². The smallest absolute Gasteiger partial charge is 0.246 e. The van der Waals surface area contributed by atoms with Crippen LogP contribution in [-0.4, -0.2) is 62.3 Å². The molecule has 1 aliphatic rings. The molecule has 3 atom stereocenters. The first-order valence-corrected chi connectivity index (χ1v) is 7.70. The van der Waals surface area contributed by atoms with E-state index >= 15 is 0 Å². The normalized spacial score (nSPS) is 24.1. The van der Waals surface area contributed by atoms with Gasteiger partial charge in [-0.2, -0.15) is 0 Å². The van der Waals surface area contributed by atoms with Crippen molar-refractivity contribution >= 4 is 11.8 Å². The lowest BCUT2D eigenvalue weighted by Gasteiger charge is -2.39. The molecule has 6 nitrogen and oxygen atoms in total. The monoisotopic (exact) mass is 300 g/mol. The van der Waals surface area contributed by atoms with Crippen molar-refractivity contribution < 1.29 is 19.1 Å². The highest BCUT2D eigenvalue weighted by Gasteiger charge is 2.39. The van der Waals surface area contributed by atoms with Crippen molar-refractivity contribution in [2.45, 2.75) is 45.7 Å². The van der Waals surface area contributed by atoms with Crippen molar-refractivity contribution in [3.63, 3.8) is 0 Å². The SMILES string of the molecule is CCC(C)C1NC(=O)C(C)N(CCCOCCOC)C1=O. The molecule has 6 heteroatoms. The van der Waals surface area contributed by atoms with Gasteiger partial charge in [-0.25, -0.2) is 0 Å². The van der Waals surface area contributed by atoms with Crippen LogP contribution in [0.25, 0.3) is 0 Å². The number of nitrogens with zero attached hydrogens (tertiary/aromatic N) is 1. The number of hydrogen-bond donors (Lipinski definition) is 1. The van der Waals surface area contributed by atoms with Gasteiger partial charge in [-0.3, -0.25) is 9.59 Å². The Hall–Kier alpha value is -1.14. The molecule has 0 radical (unpaired) electrons. The molecule has 3 unspecified atom stereocenters. The second-order valence-corrected chi connectivity index (χ2v) is 5.54. The second-order valence-electron chi connectivity index (χ2n) is 5.54. The zero-order chi connectivity index (χ0) is 15.8. The second kappa shape index (κ2) is 9.00. The fourth-order valence-corrected chi connectivity index (χ4v) is 2.35. The molecule has 1 fully saturated rings. The van der Waals surface area contributed by atoms with Gasteiger partial charge in [0, 0.05) is 20.3 Å². The van der Waals surface area contributed by atoms with E-state index in [9.17, 15) is 9.59 Å². The van der Waals surface area contributed by atoms with Crippen LogP contribution in [0.1, 0.15) is 33.6 Å². The number of methoxy groups -OCH3 is 1. The summed E-state index contributed by atoms with van der Waals surface area (Å²) in [7, 11) is 1.63. The zero-order valence-electron chi connectivity index (χ0n) is 13.6. The van der Waals surface area contributed by atoms with E-state index in [1.54, 1.807) is 18.9 Å². The zero-order valence-corrected chi connectivity index (χ0v) is 13.6. The molecule has 0 bridgehead atoms. The Morgan fingerprint density at radius 2 is 2.00 bits per heavy atom. The van der Waals surface area contributed by atoms with Gasteiger partial charge in [-0.15, -0.1) is 0 Å². The molecular weight excluding hydrogens is 272 g/mol. The van der Waals surface area contributed by atoms with Gasteiger partial charge in [-0.1, -0.05) is 20.3 Å². The maximum Gasteiger partial charge on any atom is 0.246 e. The molecule has 0 saturated carbocycles. The van der Waals surface area contributed by atoms with Gasteiger partial charge in [0.25, 0.3) is 0 Å². The van der Waals surface area contributed by atoms with Crippen molar-refractivity contribution in [2.75, 3.05) is 33.5 Å². The van der Waals surface area contributed by atoms with Crippen LogP contribution >= 0.6 is 0 Å². The molecule has 1 aliphatic heterocycles. The number of nitrogens with one attached hydrogen (secondary N) is 1. The van der Waals surface area contributed by atoms with Crippen LogP contribution in [0, 0.1) is 5.92 Å². The minimum atomic E-state index is -0.406. The molecule has 1 N–H and O–H groups in total. The average molecular weight is 300 g/mol. The Labute approximate surface area is 127 Å². The molecule has 1 rings (SSSR count). The number of ether oxygens (including phenoxy) is 2. The van der Waals surface area contributed by atoms with Crippen LogP contribution in [0.2, 0.25) is 0 Å². The lowest BCUT2D eigenvalue weighted by molar-refractivity contribution is -0.150. The minimum Gasteiger partial charge on any atom is -0.382 e. The quantitative estimate of drug-likeness (QED) is 0.640. The summed E-state index contributed by atoms with van der Waals surface area (Å²) in [5.41, 5.74) is 0. The van der Waals surface area contributed by atoms with Gasteiger partial charge in [0.1, 0.15) is 12.1 Å². The van der Waals surface area contributed by atoms with Crippen molar-refractivity contribution in [1.82, 2.24) is 10.2 Å². The van der Waals surface area contributed by atoms with E-state index in [1.807, 2.05) is 13.8 Å². The Kier molecular flexibility index (Phi) is 7.67. The Morgan fingerprint density at radius 3 is 2.62 bits per heavy atom. The largest absolute Gasteiger partial charge is 0.382 e. The Morgan fingerprint density at radius 1 is 1.29 bits per heavy atom. The van der Waals surface area contributed by atoms with Gasteiger partial charge < -0.3 is 19.7 Å². The standard InChI is InChI=1S/C15H28N2O4/c1-5-11(2)13-15(19)17(12(3)14(18)16-13)7-6-8-21-10-9-20-4/h11-13H,5-10H2,1-4H3,(H,16,18). The molecule has 0 aromatic heterocycles. The summed E-state index contributed by atoms with van der Waals surface area (Å²) in [5, 5.41) is 2.84. The molecule has 21 heavy (non-hydrogen) atoms. The molecule has 1 saturated heterocycles. The summed E-state index contributed by atoms with van der Waals surface area (Å²) in [6, 6.07) is -0.801. The lowest BCUT2D eigenvalue weighted by Crippen LogP contribution is -2.64. The number of piperazine rings is 1. The van der Waals surface area contributed by atoms with Crippen molar-refractivity contribution in [2.24, 2.45) is 5.92 Å². The van der Waals surface area contributed by atoms with Crippen LogP contribution in [0.3, 0.4) is 0 Å². The predicted molar refractivity (Wildman–Crippen MR) is 79.9 cm³/mol. The Bertz CT molecular complexity index is 349. The fraction of sp³-hybridized carbons (Fsp3) is 0.867. The van der Waals surface area contributed by atoms with Crippen LogP contribution in [0.4, 0.5) is 0 Å². The number of carbonyl (C=O) groups excluding carboxylic acids is 2. The van der Waals surface area contributed by atoms with E-state index in [2.05, 4.69) is 5.32 Å². The first-order valence-electron chi connectivity index (χ1n) is 7.70. The predicted octanol–water partition coefficient (Wildman–Crippen LogP) is 0.801. The number of amides is 2. The highest BCUT2D eigenvalue weighted by molar-refractivity contribution is 5.96. The lowest BCUT2D eigenvalue weighted by atomic mass is 9.94. The van der Waals surface area contributed by atoms with Gasteiger partial charge in [0.2, 0.25) is 11.8 Å². The number of hydrogen-bond acceptors (Lipinski definition) is 4. The first kappa shape index (κ1) is 17.9. The topological polar surface area (TPSA) is 67.9 Å². The van der Waals surface area contributed by atoms with Crippen LogP contribution in [-0.2, 0) is 19.1 Å². The van der Waals surface area contributed by atoms with Crippen molar-refractivity contribution in [3.05, 3.63) is 0 Å². The van der Waals surface area contributed by atoms with E-state index in [4.69, 9.17) is 9.47 Å². The summed E-state index contributed by atoms with van der Waals surface area (Å²) in [4.78, 5) is 26.2. The minimum absolute atomic E-state index is 0.0216. The van der Waals surface area contributed by atoms with Gasteiger partial charge in [0.15, 0.2) is 0 Å². The summed E-state index contributed by atoms with van der Waals surface area (Å²) in [5.74, 6) is 0.0999. The third-order valence-electron chi connectivity index (χ3n) is 4.03. The average Bonchev–Trinajstić information content (AvgIpc) is 2.48. The Balaban J connectivity index is 2.49. The maximum atomic E-state index is 12.5. The third kappa shape index (κ3) is 4.97. The van der Waals surface area contributed by atoms with E-state index in [0.717, 1.165) is 12.8 Å². The maximum absolute atomic E-state index is 12.5. The van der Waals surface area contributed by atoms with Gasteiger partial charge >= 0.3 is 0 Å². The van der Waals surface area contributed by atoms with Crippen molar-refractivity contribution in [3.8, 4) is 0 Å². The van der Waals surface area contributed by atoms with Gasteiger partial charge in [0.05, 0.1) is 13.2 Å². The molecule has 0 spiro atoms. The molecular formula is C15H28N2O4. The molecule has 0 aliphatic carbocycles. The fourth-order valence-electron chi connectivity index (χ4n) is 2.35. The highest BCUT2D eigenvalue weighted by atomic mass is 16.5. The number of carbonyl (C=O) groups is 2. The van der Waals surface area contributed by atoms with Crippen molar-refractivity contribution in [1.29, 1.82) is 0 Å². The summed E-state index contributed by atoms with van der Waals surface area (Å²) >= 11 is 0. The van der Waals surface area contributed by atoms with E-state index in [0.29, 0.717) is 26.4 Å².